The largest absolute Gasteiger partial charge is 0.445 e. The van der Waals surface area contributed by atoms with Crippen molar-refractivity contribution in [2.75, 3.05) is 32.7 Å². The summed E-state index contributed by atoms with van der Waals surface area (Å²) in [4.78, 5) is 37.9. The first kappa shape index (κ1) is 29.2. The number of rotatable bonds is 15. The third-order valence-electron chi connectivity index (χ3n) is 4.80. The molecule has 9 nitrogen and oxygen atoms in total. The van der Waals surface area contributed by atoms with Gasteiger partial charge in [-0.2, -0.15) is 0 Å². The Morgan fingerprint density at radius 3 is 2.24 bits per heavy atom. The van der Waals surface area contributed by atoms with Crippen molar-refractivity contribution in [3.8, 4) is 0 Å². The number of hydrogen-bond acceptors (Lipinski definition) is 6. The monoisotopic (exact) mass is 478 g/mol. The van der Waals surface area contributed by atoms with Crippen molar-refractivity contribution in [1.82, 2.24) is 15.5 Å². The summed E-state index contributed by atoms with van der Waals surface area (Å²) in [5.74, 6) is -0.105. The van der Waals surface area contributed by atoms with E-state index in [2.05, 4.69) is 10.6 Å². The van der Waals surface area contributed by atoms with Crippen molar-refractivity contribution >= 4 is 18.1 Å². The predicted molar refractivity (Wildman–Crippen MR) is 132 cm³/mol. The van der Waals surface area contributed by atoms with E-state index in [0.29, 0.717) is 32.7 Å². The highest BCUT2D eigenvalue weighted by atomic mass is 16.6. The maximum Gasteiger partial charge on any atom is 0.410 e. The van der Waals surface area contributed by atoms with E-state index in [1.165, 1.54) is 0 Å². The van der Waals surface area contributed by atoms with Gasteiger partial charge in [0.25, 0.3) is 0 Å². The number of nitrogens with two attached hydrogens (primary N) is 1. The molecule has 0 bridgehead atoms. The molecule has 3 amide bonds. The van der Waals surface area contributed by atoms with Gasteiger partial charge < -0.3 is 30.7 Å². The Balaban J connectivity index is 2.24. The van der Waals surface area contributed by atoms with Crippen molar-refractivity contribution in [3.63, 3.8) is 0 Å². The topological polar surface area (TPSA) is 123 Å². The van der Waals surface area contributed by atoms with Crippen LogP contribution in [0.4, 0.5) is 9.59 Å². The standard InChI is InChI=1S/C25H42N4O5/c1-25(2,3)34-23(31)28-17-10-5-9-16-27-22(30)14-19-29(18-11-8-15-26)24(32)33-20-21-12-6-4-7-13-21/h4,6-7,12-13H,5,8-11,14-20,26H2,1-3H3,(H,27,30)(H,28,31). The first-order valence-corrected chi connectivity index (χ1v) is 12.1. The zero-order valence-electron chi connectivity index (χ0n) is 20.9. The molecule has 0 spiro atoms. The van der Waals surface area contributed by atoms with Crippen LogP contribution in [0.2, 0.25) is 0 Å². The maximum absolute atomic E-state index is 12.5. The fourth-order valence-corrected chi connectivity index (χ4v) is 3.04. The molecule has 4 N–H and O–H groups in total. The smallest absolute Gasteiger partial charge is 0.410 e. The lowest BCUT2D eigenvalue weighted by molar-refractivity contribution is -0.121. The molecule has 0 aliphatic carbocycles. The van der Waals surface area contributed by atoms with Crippen LogP contribution in [-0.4, -0.2) is 61.3 Å². The molecule has 34 heavy (non-hydrogen) atoms. The second kappa shape index (κ2) is 16.7. The Bertz CT molecular complexity index is 722. The second-order valence-electron chi connectivity index (χ2n) is 9.11. The van der Waals surface area contributed by atoms with Crippen LogP contribution in [0.15, 0.2) is 30.3 Å². The number of alkyl carbamates (subject to hydrolysis) is 1. The number of ether oxygens (including phenoxy) is 2. The Morgan fingerprint density at radius 2 is 1.59 bits per heavy atom. The zero-order valence-corrected chi connectivity index (χ0v) is 20.9. The number of carbonyl (C=O) groups is 3. The molecule has 1 aromatic carbocycles. The summed E-state index contributed by atoms with van der Waals surface area (Å²) in [6, 6.07) is 9.48. The summed E-state index contributed by atoms with van der Waals surface area (Å²) in [5, 5.41) is 5.60. The average molecular weight is 479 g/mol. The Kier molecular flexibility index (Phi) is 14.4. The summed E-state index contributed by atoms with van der Waals surface area (Å²) >= 11 is 0. The average Bonchev–Trinajstić information content (AvgIpc) is 2.78. The van der Waals surface area contributed by atoms with Gasteiger partial charge in [-0.25, -0.2) is 9.59 Å². The number of nitrogens with one attached hydrogen (secondary N) is 2. The summed E-state index contributed by atoms with van der Waals surface area (Å²) in [7, 11) is 0. The van der Waals surface area contributed by atoms with E-state index < -0.39 is 17.8 Å². The molecule has 1 rings (SSSR count). The number of hydrogen-bond donors (Lipinski definition) is 3. The zero-order chi connectivity index (χ0) is 25.2. The van der Waals surface area contributed by atoms with E-state index in [1.807, 2.05) is 51.1 Å². The second-order valence-corrected chi connectivity index (χ2v) is 9.11. The van der Waals surface area contributed by atoms with Crippen LogP contribution in [0.25, 0.3) is 0 Å². The molecular formula is C25H42N4O5. The van der Waals surface area contributed by atoms with Crippen LogP contribution in [0.5, 0.6) is 0 Å². The summed E-state index contributed by atoms with van der Waals surface area (Å²) in [5.41, 5.74) is 5.97. The fraction of sp³-hybridized carbons (Fsp3) is 0.640. The lowest BCUT2D eigenvalue weighted by Crippen LogP contribution is -2.36. The molecule has 0 atom stereocenters. The van der Waals surface area contributed by atoms with Gasteiger partial charge in [0, 0.05) is 32.6 Å². The highest BCUT2D eigenvalue weighted by molar-refractivity contribution is 5.77. The molecule has 1 aromatic rings. The van der Waals surface area contributed by atoms with Crippen LogP contribution in [0, 0.1) is 0 Å². The van der Waals surface area contributed by atoms with E-state index in [4.69, 9.17) is 15.2 Å². The molecule has 0 saturated carbocycles. The maximum atomic E-state index is 12.5. The number of benzene rings is 1. The van der Waals surface area contributed by atoms with Crippen molar-refractivity contribution in [1.29, 1.82) is 0 Å². The van der Waals surface area contributed by atoms with E-state index >= 15 is 0 Å². The predicted octanol–water partition coefficient (Wildman–Crippen LogP) is 3.57. The number of unbranched alkanes of at least 4 members (excludes halogenated alkanes) is 3. The van der Waals surface area contributed by atoms with Crippen molar-refractivity contribution in [2.24, 2.45) is 5.73 Å². The van der Waals surface area contributed by atoms with Gasteiger partial charge in [-0.3, -0.25) is 4.79 Å². The van der Waals surface area contributed by atoms with Gasteiger partial charge in [-0.1, -0.05) is 30.3 Å². The molecule has 0 saturated heterocycles. The quantitative estimate of drug-likeness (QED) is 0.331. The third kappa shape index (κ3) is 15.1. The van der Waals surface area contributed by atoms with E-state index in [1.54, 1.807) is 4.90 Å². The summed E-state index contributed by atoms with van der Waals surface area (Å²) < 4.78 is 10.6. The van der Waals surface area contributed by atoms with Gasteiger partial charge in [-0.15, -0.1) is 0 Å². The van der Waals surface area contributed by atoms with Gasteiger partial charge in [0.2, 0.25) is 5.91 Å². The van der Waals surface area contributed by atoms with Crippen LogP contribution in [0.3, 0.4) is 0 Å². The highest BCUT2D eigenvalue weighted by Gasteiger charge is 2.17. The van der Waals surface area contributed by atoms with Gasteiger partial charge in [0.1, 0.15) is 12.2 Å². The lowest BCUT2D eigenvalue weighted by atomic mass is 10.2. The Morgan fingerprint density at radius 1 is 0.912 bits per heavy atom. The Labute approximate surface area is 203 Å². The van der Waals surface area contributed by atoms with E-state index in [0.717, 1.165) is 37.7 Å². The fourth-order valence-electron chi connectivity index (χ4n) is 3.04. The molecule has 9 heteroatoms. The summed E-state index contributed by atoms with van der Waals surface area (Å²) in [6.07, 6.45) is 3.41. The minimum absolute atomic E-state index is 0.105. The number of nitrogens with zero attached hydrogens (tertiary/aromatic N) is 1. The van der Waals surface area contributed by atoms with E-state index in [9.17, 15) is 14.4 Å². The van der Waals surface area contributed by atoms with E-state index in [-0.39, 0.29) is 18.9 Å². The number of carbonyl (C=O) groups excluding carboxylic acids is 3. The van der Waals surface area contributed by atoms with Gasteiger partial charge in [0.15, 0.2) is 0 Å². The van der Waals surface area contributed by atoms with Crippen LogP contribution in [0.1, 0.15) is 64.9 Å². The normalized spacial score (nSPS) is 10.9. The summed E-state index contributed by atoms with van der Waals surface area (Å²) in [6.45, 7) is 8.10. The Hall–Kier alpha value is -2.81. The van der Waals surface area contributed by atoms with Crippen molar-refractivity contribution < 1.29 is 23.9 Å². The first-order chi connectivity index (χ1) is 16.2. The highest BCUT2D eigenvalue weighted by Crippen LogP contribution is 2.07. The molecule has 0 fully saturated rings. The molecule has 0 aromatic heterocycles. The van der Waals surface area contributed by atoms with Crippen molar-refractivity contribution in [2.45, 2.75) is 71.5 Å². The van der Waals surface area contributed by atoms with Gasteiger partial charge in [0.05, 0.1) is 0 Å². The van der Waals surface area contributed by atoms with Crippen LogP contribution < -0.4 is 16.4 Å². The molecule has 0 radical (unpaired) electrons. The third-order valence-corrected chi connectivity index (χ3v) is 4.80. The molecule has 0 aliphatic heterocycles. The first-order valence-electron chi connectivity index (χ1n) is 12.1. The van der Waals surface area contributed by atoms with Gasteiger partial charge in [-0.05, 0) is 65.0 Å². The number of amides is 3. The SMILES string of the molecule is CC(C)(C)OC(=O)NCCCCCNC(=O)CCN(CCCCN)C(=O)OCc1ccccc1. The minimum atomic E-state index is -0.507. The molecule has 0 heterocycles. The molecular weight excluding hydrogens is 436 g/mol. The molecule has 192 valence electrons. The minimum Gasteiger partial charge on any atom is -0.445 e. The lowest BCUT2D eigenvalue weighted by Gasteiger charge is -2.22. The molecule has 0 unspecified atom stereocenters. The van der Waals surface area contributed by atoms with Crippen LogP contribution >= 0.6 is 0 Å². The van der Waals surface area contributed by atoms with Crippen LogP contribution in [-0.2, 0) is 20.9 Å². The molecule has 0 aliphatic rings. The van der Waals surface area contributed by atoms with Gasteiger partial charge >= 0.3 is 12.2 Å². The van der Waals surface area contributed by atoms with Crippen molar-refractivity contribution in [3.05, 3.63) is 35.9 Å².